The van der Waals surface area contributed by atoms with Crippen LogP contribution in [0, 0.1) is 0 Å². The van der Waals surface area contributed by atoms with Gasteiger partial charge in [-0.1, -0.05) is 11.6 Å². The maximum Gasteiger partial charge on any atom is 0.0134 e. The van der Waals surface area contributed by atoms with Crippen LogP contribution < -0.4 is 11.5 Å². The molecule has 0 aliphatic carbocycles. The molecule has 0 rings (SSSR count). The molecule has 0 spiro atoms. The average Bonchev–Trinajstić information content (AvgIpc) is 1.68. The van der Waals surface area contributed by atoms with Crippen molar-refractivity contribution in [1.82, 2.24) is 0 Å². The van der Waals surface area contributed by atoms with Crippen molar-refractivity contribution in [2.24, 2.45) is 11.5 Å². The summed E-state index contributed by atoms with van der Waals surface area (Å²) in [7, 11) is 0. The molecule has 0 aromatic heterocycles. The fourth-order valence-corrected chi connectivity index (χ4v) is 0.285. The Morgan fingerprint density at radius 3 is 2.29 bits per heavy atom. The van der Waals surface area contributed by atoms with Crippen LogP contribution in [0.15, 0.2) is 11.6 Å². The van der Waals surface area contributed by atoms with E-state index in [0.29, 0.717) is 13.1 Å². The van der Waals surface area contributed by atoms with Gasteiger partial charge in [0.1, 0.15) is 0 Å². The average molecular weight is 100 g/mol. The quantitative estimate of drug-likeness (QED) is 0.474. The zero-order valence-corrected chi connectivity index (χ0v) is 4.65. The minimum Gasteiger partial charge on any atom is -0.327 e. The van der Waals surface area contributed by atoms with E-state index in [2.05, 4.69) is 0 Å². The maximum atomic E-state index is 5.23. The van der Waals surface area contributed by atoms with Crippen molar-refractivity contribution in [3.63, 3.8) is 0 Å². The highest BCUT2D eigenvalue weighted by molar-refractivity contribution is 4.99. The largest absolute Gasteiger partial charge is 0.327 e. The van der Waals surface area contributed by atoms with Crippen molar-refractivity contribution in [3.8, 4) is 0 Å². The van der Waals surface area contributed by atoms with Gasteiger partial charge in [0.25, 0.3) is 0 Å². The Hall–Kier alpha value is -0.340. The molecule has 0 aromatic carbocycles. The summed E-state index contributed by atoms with van der Waals surface area (Å²) >= 11 is 0. The lowest BCUT2D eigenvalue weighted by molar-refractivity contribution is 1.10. The molecule has 0 unspecified atom stereocenters. The van der Waals surface area contributed by atoms with E-state index in [-0.39, 0.29) is 0 Å². The Bertz CT molecular complexity index is 66.5. The normalized spacial score (nSPS) is 12.1. The Morgan fingerprint density at radius 1 is 1.57 bits per heavy atom. The minimum absolute atomic E-state index is 0.600. The molecule has 0 saturated heterocycles. The molecular weight excluding hydrogens is 88.1 g/mol. The first-order chi connectivity index (χ1) is 3.31. The van der Waals surface area contributed by atoms with Crippen molar-refractivity contribution in [3.05, 3.63) is 11.6 Å². The summed E-state index contributed by atoms with van der Waals surface area (Å²) in [6.45, 7) is 3.19. The van der Waals surface area contributed by atoms with Gasteiger partial charge in [-0.15, -0.1) is 0 Å². The smallest absolute Gasteiger partial charge is 0.0134 e. The van der Waals surface area contributed by atoms with Gasteiger partial charge in [0.05, 0.1) is 0 Å². The molecule has 42 valence electrons. The number of nitrogens with two attached hydrogens (primary N) is 2. The molecule has 2 heteroatoms. The molecule has 0 aliphatic rings. The van der Waals surface area contributed by atoms with E-state index in [4.69, 9.17) is 11.5 Å². The molecule has 0 fully saturated rings. The van der Waals surface area contributed by atoms with Crippen LogP contribution in [0.5, 0.6) is 0 Å². The van der Waals surface area contributed by atoms with Gasteiger partial charge < -0.3 is 11.5 Å². The van der Waals surface area contributed by atoms with Crippen LogP contribution in [-0.2, 0) is 0 Å². The second kappa shape index (κ2) is 3.84. The van der Waals surface area contributed by atoms with Crippen molar-refractivity contribution in [1.29, 1.82) is 0 Å². The zero-order chi connectivity index (χ0) is 5.70. The lowest BCUT2D eigenvalue weighted by Crippen LogP contribution is -2.02. The third kappa shape index (κ3) is 3.49. The Labute approximate surface area is 44.2 Å². The summed E-state index contributed by atoms with van der Waals surface area (Å²) < 4.78 is 0. The van der Waals surface area contributed by atoms with Crippen LogP contribution in [0.1, 0.15) is 6.92 Å². The maximum absolute atomic E-state index is 5.23. The number of hydrogen-bond acceptors (Lipinski definition) is 2. The van der Waals surface area contributed by atoms with E-state index in [9.17, 15) is 0 Å². The van der Waals surface area contributed by atoms with E-state index in [1.807, 2.05) is 13.0 Å². The van der Waals surface area contributed by atoms with Crippen molar-refractivity contribution in [2.75, 3.05) is 13.1 Å². The Morgan fingerprint density at radius 2 is 2.14 bits per heavy atom. The summed E-state index contributed by atoms with van der Waals surface area (Å²) in [6, 6.07) is 0. The highest BCUT2D eigenvalue weighted by atomic mass is 14.5. The van der Waals surface area contributed by atoms with Crippen LogP contribution in [0.4, 0.5) is 0 Å². The fourth-order valence-electron chi connectivity index (χ4n) is 0.285. The van der Waals surface area contributed by atoms with Crippen LogP contribution in [-0.4, -0.2) is 13.1 Å². The molecule has 0 heterocycles. The highest BCUT2D eigenvalue weighted by Gasteiger charge is 1.76. The van der Waals surface area contributed by atoms with Crippen LogP contribution in [0.3, 0.4) is 0 Å². The molecular formula is C5H12N2. The molecule has 0 radical (unpaired) electrons. The first-order valence-electron chi connectivity index (χ1n) is 2.37. The molecule has 0 aromatic rings. The summed E-state index contributed by atoms with van der Waals surface area (Å²) in [5.41, 5.74) is 11.6. The third-order valence-electron chi connectivity index (χ3n) is 0.788. The van der Waals surface area contributed by atoms with Gasteiger partial charge in [-0.25, -0.2) is 0 Å². The third-order valence-corrected chi connectivity index (χ3v) is 0.788. The van der Waals surface area contributed by atoms with Gasteiger partial charge in [0.2, 0.25) is 0 Å². The molecule has 0 bridgehead atoms. The van der Waals surface area contributed by atoms with E-state index in [1.54, 1.807) is 0 Å². The Balaban J connectivity index is 3.29. The van der Waals surface area contributed by atoms with Gasteiger partial charge >= 0.3 is 0 Å². The minimum atomic E-state index is 0.600. The molecule has 4 N–H and O–H groups in total. The monoisotopic (exact) mass is 100 g/mol. The standard InChI is InChI=1S/C5H12N2/c1-5(4-7)2-3-6/h2H,3-4,6-7H2,1H3. The summed E-state index contributed by atoms with van der Waals surface area (Å²) in [5, 5.41) is 0. The van der Waals surface area contributed by atoms with Gasteiger partial charge in [-0.3, -0.25) is 0 Å². The predicted octanol–water partition coefficient (Wildman–Crippen LogP) is -0.150. The first-order valence-corrected chi connectivity index (χ1v) is 2.37. The lowest BCUT2D eigenvalue weighted by atomic mass is 10.3. The highest BCUT2D eigenvalue weighted by Crippen LogP contribution is 1.82. The van der Waals surface area contributed by atoms with E-state index < -0.39 is 0 Å². The molecule has 0 saturated carbocycles. The van der Waals surface area contributed by atoms with Gasteiger partial charge in [-0.05, 0) is 6.92 Å². The van der Waals surface area contributed by atoms with Crippen LogP contribution >= 0.6 is 0 Å². The number of rotatable bonds is 2. The second-order valence-corrected chi connectivity index (χ2v) is 1.49. The van der Waals surface area contributed by atoms with Gasteiger partial charge in [0, 0.05) is 13.1 Å². The molecule has 0 atom stereocenters. The molecule has 0 amide bonds. The molecule has 2 nitrogen and oxygen atoms in total. The van der Waals surface area contributed by atoms with E-state index >= 15 is 0 Å². The molecule has 7 heavy (non-hydrogen) atoms. The van der Waals surface area contributed by atoms with Crippen LogP contribution in [0.25, 0.3) is 0 Å². The zero-order valence-electron chi connectivity index (χ0n) is 4.65. The van der Waals surface area contributed by atoms with Crippen molar-refractivity contribution >= 4 is 0 Å². The van der Waals surface area contributed by atoms with Crippen molar-refractivity contribution in [2.45, 2.75) is 6.92 Å². The summed E-state index contributed by atoms with van der Waals surface area (Å²) in [6.07, 6.45) is 1.92. The van der Waals surface area contributed by atoms with Gasteiger partial charge in [0.15, 0.2) is 0 Å². The summed E-state index contributed by atoms with van der Waals surface area (Å²) in [4.78, 5) is 0. The SMILES string of the molecule is CC(=CCN)CN. The van der Waals surface area contributed by atoms with Crippen LogP contribution in [0.2, 0.25) is 0 Å². The Kier molecular flexibility index (Phi) is 3.65. The summed E-state index contributed by atoms with van der Waals surface area (Å²) in [5.74, 6) is 0. The fraction of sp³-hybridized carbons (Fsp3) is 0.600. The number of hydrogen-bond donors (Lipinski definition) is 2. The van der Waals surface area contributed by atoms with Gasteiger partial charge in [-0.2, -0.15) is 0 Å². The van der Waals surface area contributed by atoms with E-state index in [0.717, 1.165) is 5.57 Å². The second-order valence-electron chi connectivity index (χ2n) is 1.49. The topological polar surface area (TPSA) is 52.0 Å². The lowest BCUT2D eigenvalue weighted by Gasteiger charge is -1.89. The first kappa shape index (κ1) is 6.66. The van der Waals surface area contributed by atoms with Crippen molar-refractivity contribution < 1.29 is 0 Å². The predicted molar refractivity (Wildman–Crippen MR) is 31.9 cm³/mol. The van der Waals surface area contributed by atoms with E-state index in [1.165, 1.54) is 0 Å². The molecule has 0 aliphatic heterocycles.